The minimum absolute atomic E-state index is 0.0333. The molecule has 8 aromatic rings. The highest BCUT2D eigenvalue weighted by molar-refractivity contribution is 6.02. The lowest BCUT2D eigenvalue weighted by Gasteiger charge is -2.34. The molecule has 2 aliphatic rings. The number of phenols is 2. The van der Waals surface area contributed by atoms with Gasteiger partial charge in [-0.1, -0.05) is 26.0 Å². The third-order valence-corrected chi connectivity index (χ3v) is 14.3. The fourth-order valence-corrected chi connectivity index (χ4v) is 10.1. The molecular formula is C54H59N15O8. The first-order valence-corrected chi connectivity index (χ1v) is 25.6. The second kappa shape index (κ2) is 21.3. The number of hydrogen-bond donors (Lipinski definition) is 5. The number of H-pyrrole nitrogens is 1. The number of pyridine rings is 3. The quantitative estimate of drug-likeness (QED) is 0.0931. The summed E-state index contributed by atoms with van der Waals surface area (Å²) >= 11 is 0. The number of fused-ring (bicyclic) bond motifs is 3. The molecule has 8 heterocycles. The fourth-order valence-electron chi connectivity index (χ4n) is 10.1. The molecule has 23 nitrogen and oxygen atoms in total. The maximum absolute atomic E-state index is 13.8. The topological polar surface area (TPSA) is 277 Å². The van der Waals surface area contributed by atoms with E-state index < -0.39 is 24.0 Å². The van der Waals surface area contributed by atoms with Gasteiger partial charge in [-0.05, 0) is 93.1 Å². The standard InChI is InChI=1S/C54H59N15O8/c1-7-55-50(72)49-63-62-48(38-24-37(30(2)3)43(70)25-44(38)71)69(49)35-12-9-33(10-13-35)29-65-20-22-67(23-21-65)52(74)46-41(27-58-61-46)60-53(75)77-32(5)51(73)66-18-16-36(17-19-66)68-47-42(64(6)54(68)76)28-57-40-15-14-39(59-45(40)47)34-11-8-31(4)56-26-34/h8-15,24-28,30,32,36,70-71H,7,16-23,29H2,1-6H3,(H,55,72)(H,58,61)(H,60,75)/t32-/m0/s1. The Morgan fingerprint density at radius 2 is 1.61 bits per heavy atom. The van der Waals surface area contributed by atoms with Gasteiger partial charge in [0.25, 0.3) is 17.7 Å². The van der Waals surface area contributed by atoms with Crippen molar-refractivity contribution in [3.05, 3.63) is 118 Å². The van der Waals surface area contributed by atoms with Crippen molar-refractivity contribution in [2.75, 3.05) is 51.1 Å². The summed E-state index contributed by atoms with van der Waals surface area (Å²) in [4.78, 5) is 87.2. The van der Waals surface area contributed by atoms with E-state index in [4.69, 9.17) is 9.72 Å². The van der Waals surface area contributed by atoms with Crippen molar-refractivity contribution in [2.24, 2.45) is 7.05 Å². The number of aromatic hydroxyl groups is 2. The maximum Gasteiger partial charge on any atom is 0.412 e. The zero-order valence-corrected chi connectivity index (χ0v) is 43.5. The monoisotopic (exact) mass is 1050 g/mol. The number of aromatic amines is 1. The molecule has 6 aromatic heterocycles. The van der Waals surface area contributed by atoms with Gasteiger partial charge < -0.3 is 30.1 Å². The number of aryl methyl sites for hydroxylation is 2. The smallest absolute Gasteiger partial charge is 0.412 e. The highest BCUT2D eigenvalue weighted by Crippen LogP contribution is 2.38. The molecule has 4 amide bonds. The molecule has 2 aliphatic heterocycles. The van der Waals surface area contributed by atoms with E-state index in [1.807, 2.05) is 69.3 Å². The number of imidazole rings is 1. The molecule has 2 saturated heterocycles. The Morgan fingerprint density at radius 1 is 0.857 bits per heavy atom. The predicted molar refractivity (Wildman–Crippen MR) is 285 cm³/mol. The van der Waals surface area contributed by atoms with Gasteiger partial charge in [-0.15, -0.1) is 10.2 Å². The fraction of sp³-hybridized carbons (Fsp3) is 0.352. The number of piperidine rings is 1. The summed E-state index contributed by atoms with van der Waals surface area (Å²) in [7, 11) is 1.71. The first-order valence-electron chi connectivity index (χ1n) is 25.6. The molecule has 0 saturated carbocycles. The summed E-state index contributed by atoms with van der Waals surface area (Å²) in [6, 6.07) is 17.9. The molecule has 0 aliphatic carbocycles. The van der Waals surface area contributed by atoms with E-state index in [1.165, 1.54) is 19.2 Å². The molecule has 10 rings (SSSR count). The van der Waals surface area contributed by atoms with Gasteiger partial charge in [0.1, 0.15) is 22.7 Å². The average Bonchev–Trinajstić information content (AvgIpc) is 4.20. The van der Waals surface area contributed by atoms with Crippen molar-refractivity contribution < 1.29 is 34.1 Å². The Balaban J connectivity index is 0.732. The minimum atomic E-state index is -1.15. The van der Waals surface area contributed by atoms with E-state index in [9.17, 15) is 34.2 Å². The Morgan fingerprint density at radius 3 is 2.31 bits per heavy atom. The van der Waals surface area contributed by atoms with Crippen LogP contribution in [-0.4, -0.2) is 150 Å². The maximum atomic E-state index is 13.8. The molecule has 2 aromatic carbocycles. The van der Waals surface area contributed by atoms with Crippen LogP contribution in [0.25, 0.3) is 50.4 Å². The average molecular weight is 1050 g/mol. The summed E-state index contributed by atoms with van der Waals surface area (Å²) in [6.07, 6.45) is 3.64. The van der Waals surface area contributed by atoms with E-state index in [1.54, 1.807) is 55.9 Å². The highest BCUT2D eigenvalue weighted by Gasteiger charge is 2.33. The number of carbonyl (C=O) groups excluding carboxylic acids is 4. The van der Waals surface area contributed by atoms with Crippen LogP contribution in [-0.2, 0) is 23.1 Å². The van der Waals surface area contributed by atoms with Gasteiger partial charge in [0, 0.05) is 94.7 Å². The van der Waals surface area contributed by atoms with Gasteiger partial charge >= 0.3 is 11.8 Å². The number of aromatic nitrogens is 10. The van der Waals surface area contributed by atoms with Gasteiger partial charge in [0.2, 0.25) is 5.82 Å². The number of hydrogen-bond acceptors (Lipinski definition) is 15. The van der Waals surface area contributed by atoms with E-state index in [0.717, 1.165) is 16.8 Å². The van der Waals surface area contributed by atoms with Crippen LogP contribution >= 0.6 is 0 Å². The predicted octanol–water partition coefficient (Wildman–Crippen LogP) is 5.67. The second-order valence-corrected chi connectivity index (χ2v) is 19.7. The number of phenolic OH excluding ortho intramolecular Hbond substituents is 2. The van der Waals surface area contributed by atoms with Crippen molar-refractivity contribution in [3.8, 4) is 39.8 Å². The van der Waals surface area contributed by atoms with E-state index in [2.05, 4.69) is 45.9 Å². The van der Waals surface area contributed by atoms with Crippen LogP contribution in [0.4, 0.5) is 10.5 Å². The van der Waals surface area contributed by atoms with Crippen LogP contribution in [0, 0.1) is 6.92 Å². The van der Waals surface area contributed by atoms with Crippen molar-refractivity contribution in [1.82, 2.24) is 69.1 Å². The van der Waals surface area contributed by atoms with Crippen molar-refractivity contribution in [3.63, 3.8) is 0 Å². The van der Waals surface area contributed by atoms with Crippen molar-refractivity contribution >= 4 is 51.6 Å². The lowest BCUT2D eigenvalue weighted by atomic mass is 9.98. The molecule has 2 fully saturated rings. The van der Waals surface area contributed by atoms with Crippen molar-refractivity contribution in [1.29, 1.82) is 0 Å². The number of nitrogens with zero attached hydrogens (tertiary/aromatic N) is 12. The number of rotatable bonds is 13. The number of anilines is 1. The molecule has 0 radical (unpaired) electrons. The SMILES string of the molecule is CCNC(=O)c1nnc(-c2cc(C(C)C)c(O)cc2O)n1-c1ccc(CN2CCN(C(=O)c3[nH]ncc3NC(=O)O[C@@H](C)C(=O)N3CCC(n4c(=O)n(C)c5cnc6ccc(-c7ccc(C)nc7)nc6c54)CC3)CC2)cc1. The second-order valence-electron chi connectivity index (χ2n) is 19.7. The normalized spacial score (nSPS) is 14.8. The van der Waals surface area contributed by atoms with Crippen LogP contribution in [0.3, 0.4) is 0 Å². The van der Waals surface area contributed by atoms with Crippen LogP contribution in [0.2, 0.25) is 0 Å². The van der Waals surface area contributed by atoms with E-state index >= 15 is 0 Å². The third-order valence-electron chi connectivity index (χ3n) is 14.3. The first-order chi connectivity index (χ1) is 37.1. The van der Waals surface area contributed by atoms with Crippen LogP contribution < -0.4 is 16.3 Å². The summed E-state index contributed by atoms with van der Waals surface area (Å²) in [5.41, 5.74) is 7.45. The Hall–Kier alpha value is -8.99. The molecular weight excluding hydrogens is 987 g/mol. The van der Waals surface area contributed by atoms with Crippen LogP contribution in [0.15, 0.2) is 84.0 Å². The summed E-state index contributed by atoms with van der Waals surface area (Å²) in [6.45, 7) is 12.5. The summed E-state index contributed by atoms with van der Waals surface area (Å²) < 4.78 is 10.5. The number of ether oxygens (including phenoxy) is 1. The lowest BCUT2D eigenvalue weighted by molar-refractivity contribution is -0.140. The number of amides is 4. The van der Waals surface area contributed by atoms with Gasteiger partial charge in [0.05, 0.1) is 45.9 Å². The summed E-state index contributed by atoms with van der Waals surface area (Å²) in [5.74, 6) is -1.24. The Bertz CT molecular complexity index is 3600. The molecule has 23 heteroatoms. The van der Waals surface area contributed by atoms with Gasteiger partial charge in [0.15, 0.2) is 11.9 Å². The van der Waals surface area contributed by atoms with Crippen LogP contribution in [0.1, 0.15) is 90.4 Å². The number of nitrogens with one attached hydrogen (secondary N) is 3. The molecule has 0 spiro atoms. The third kappa shape index (κ3) is 10.2. The molecule has 1 atom stereocenters. The lowest BCUT2D eigenvalue weighted by Crippen LogP contribution is -2.48. The number of carbonyl (C=O) groups is 4. The van der Waals surface area contributed by atoms with Crippen LogP contribution in [0.5, 0.6) is 11.5 Å². The minimum Gasteiger partial charge on any atom is -0.508 e. The Kier molecular flexibility index (Phi) is 14.3. The van der Waals surface area contributed by atoms with Gasteiger partial charge in [-0.25, -0.2) is 14.6 Å². The van der Waals surface area contributed by atoms with E-state index in [0.29, 0.717) is 110 Å². The molecule has 0 bridgehead atoms. The largest absolute Gasteiger partial charge is 0.508 e. The first kappa shape index (κ1) is 51.5. The molecule has 5 N–H and O–H groups in total. The molecule has 398 valence electrons. The summed E-state index contributed by atoms with van der Waals surface area (Å²) in [5, 5.41) is 42.0. The van der Waals surface area contributed by atoms with Gasteiger partial charge in [-0.3, -0.25) is 53.4 Å². The van der Waals surface area contributed by atoms with Crippen molar-refractivity contribution in [2.45, 2.75) is 72.1 Å². The molecule has 0 unspecified atom stereocenters. The molecule has 77 heavy (non-hydrogen) atoms. The number of likely N-dealkylation sites (tertiary alicyclic amines) is 1. The van der Waals surface area contributed by atoms with E-state index in [-0.39, 0.29) is 58.1 Å². The number of piperazine rings is 1. The number of benzene rings is 2. The zero-order chi connectivity index (χ0) is 54.2. The van der Waals surface area contributed by atoms with Gasteiger partial charge in [-0.2, -0.15) is 5.10 Å². The zero-order valence-electron chi connectivity index (χ0n) is 43.5. The Labute approximate surface area is 441 Å². The highest BCUT2D eigenvalue weighted by atomic mass is 16.6.